The van der Waals surface area contributed by atoms with E-state index in [1.54, 1.807) is 23.2 Å². The van der Waals surface area contributed by atoms with E-state index in [1.165, 1.54) is 12.8 Å². The topological polar surface area (TPSA) is 76.2 Å². The Kier molecular flexibility index (Phi) is 5.76. The summed E-state index contributed by atoms with van der Waals surface area (Å²) in [5.74, 6) is 0. The van der Waals surface area contributed by atoms with Crippen LogP contribution >= 0.6 is 0 Å². The maximum atomic E-state index is 12.2. The zero-order chi connectivity index (χ0) is 18.6. The van der Waals surface area contributed by atoms with Gasteiger partial charge in [0.2, 0.25) is 0 Å². The van der Waals surface area contributed by atoms with Crippen molar-refractivity contribution in [1.82, 2.24) is 19.7 Å². The summed E-state index contributed by atoms with van der Waals surface area (Å²) in [6.45, 7) is 9.60. The first-order valence-electron chi connectivity index (χ1n) is 9.39. The van der Waals surface area contributed by atoms with Gasteiger partial charge in [0.25, 0.3) is 11.6 Å². The summed E-state index contributed by atoms with van der Waals surface area (Å²) in [7, 11) is 0. The molecule has 0 bridgehead atoms. The molecule has 1 atom stereocenters. The van der Waals surface area contributed by atoms with Crippen molar-refractivity contribution in [3.63, 3.8) is 0 Å². The number of rotatable bonds is 6. The van der Waals surface area contributed by atoms with Crippen LogP contribution in [0, 0.1) is 0 Å². The van der Waals surface area contributed by atoms with Crippen molar-refractivity contribution in [2.24, 2.45) is 0 Å². The zero-order valence-corrected chi connectivity index (χ0v) is 15.9. The Morgan fingerprint density at radius 1 is 1.27 bits per heavy atom. The van der Waals surface area contributed by atoms with E-state index in [9.17, 15) is 4.79 Å². The summed E-state index contributed by atoms with van der Waals surface area (Å²) in [5.41, 5.74) is 0.839. The average Bonchev–Trinajstić information content (AvgIpc) is 3.12. The molecular weight excluding hydrogens is 330 g/mol. The van der Waals surface area contributed by atoms with Crippen molar-refractivity contribution >= 4 is 6.01 Å². The highest BCUT2D eigenvalue weighted by Gasteiger charge is 2.23. The summed E-state index contributed by atoms with van der Waals surface area (Å²) < 4.78 is 6.86. The number of likely N-dealkylation sites (tertiary alicyclic amines) is 1. The lowest BCUT2D eigenvalue weighted by Gasteiger charge is -2.35. The molecule has 7 nitrogen and oxygen atoms in total. The molecule has 7 heteroatoms. The molecular formula is C19H29N5O2. The average molecular weight is 359 g/mol. The maximum Gasteiger partial charge on any atom is 0.294 e. The largest absolute Gasteiger partial charge is 0.432 e. The molecule has 0 radical (unpaired) electrons. The smallest absolute Gasteiger partial charge is 0.294 e. The number of aromatic nitrogens is 3. The van der Waals surface area contributed by atoms with Crippen LogP contribution in [0.4, 0.5) is 6.01 Å². The second-order valence-corrected chi connectivity index (χ2v) is 7.93. The van der Waals surface area contributed by atoms with E-state index >= 15 is 0 Å². The normalized spacial score (nSPS) is 18.8. The van der Waals surface area contributed by atoms with E-state index in [0.717, 1.165) is 31.7 Å². The van der Waals surface area contributed by atoms with Gasteiger partial charge in [0.05, 0.1) is 18.4 Å². The molecule has 0 amide bonds. The number of piperidine rings is 1. The standard InChI is InChI=1S/C19H29N5O2/c1-19(2,3)16-7-8-17(25)24(22-16)12-11-23-10-5-4-6-15(23)14-21-18-20-9-13-26-18/h7-9,13,15H,4-6,10-12,14H2,1-3H3,(H,20,21). The monoisotopic (exact) mass is 359 g/mol. The van der Waals surface area contributed by atoms with Crippen LogP contribution in [0.1, 0.15) is 45.7 Å². The number of hydrogen-bond acceptors (Lipinski definition) is 6. The molecule has 0 aliphatic carbocycles. The van der Waals surface area contributed by atoms with Gasteiger partial charge < -0.3 is 9.73 Å². The van der Waals surface area contributed by atoms with E-state index in [2.05, 4.69) is 41.1 Å². The van der Waals surface area contributed by atoms with Crippen LogP contribution in [0.5, 0.6) is 0 Å². The fourth-order valence-electron chi connectivity index (χ4n) is 3.33. The predicted octanol–water partition coefficient (Wildman–Crippen LogP) is 2.50. The minimum absolute atomic E-state index is 0.0375. The molecule has 0 saturated carbocycles. The lowest BCUT2D eigenvalue weighted by Crippen LogP contribution is -2.45. The quantitative estimate of drug-likeness (QED) is 0.854. The van der Waals surface area contributed by atoms with Crippen LogP contribution < -0.4 is 10.9 Å². The summed E-state index contributed by atoms with van der Waals surface area (Å²) in [6, 6.07) is 4.44. The molecule has 1 aliphatic rings. The lowest BCUT2D eigenvalue weighted by atomic mass is 9.92. The second kappa shape index (κ2) is 8.03. The van der Waals surface area contributed by atoms with Crippen LogP contribution in [-0.2, 0) is 12.0 Å². The van der Waals surface area contributed by atoms with E-state index in [0.29, 0.717) is 18.6 Å². The highest BCUT2D eigenvalue weighted by Crippen LogP contribution is 2.19. The molecule has 1 N–H and O–H groups in total. The second-order valence-electron chi connectivity index (χ2n) is 7.93. The van der Waals surface area contributed by atoms with Gasteiger partial charge >= 0.3 is 0 Å². The van der Waals surface area contributed by atoms with Gasteiger partial charge in [0.1, 0.15) is 6.26 Å². The molecule has 2 aromatic heterocycles. The van der Waals surface area contributed by atoms with Crippen molar-refractivity contribution in [3.8, 4) is 0 Å². The summed E-state index contributed by atoms with van der Waals surface area (Å²) in [5, 5.41) is 7.84. The fraction of sp³-hybridized carbons (Fsp3) is 0.632. The first-order valence-corrected chi connectivity index (χ1v) is 9.39. The van der Waals surface area contributed by atoms with Crippen LogP contribution in [-0.4, -0.2) is 45.3 Å². The van der Waals surface area contributed by atoms with Crippen molar-refractivity contribution in [1.29, 1.82) is 0 Å². The third-order valence-electron chi connectivity index (χ3n) is 4.90. The van der Waals surface area contributed by atoms with Crippen LogP contribution in [0.25, 0.3) is 0 Å². The first kappa shape index (κ1) is 18.6. The third kappa shape index (κ3) is 4.72. The Balaban J connectivity index is 1.62. The highest BCUT2D eigenvalue weighted by molar-refractivity contribution is 5.18. The highest BCUT2D eigenvalue weighted by atomic mass is 16.4. The van der Waals surface area contributed by atoms with Crippen LogP contribution in [0.2, 0.25) is 0 Å². The third-order valence-corrected chi connectivity index (χ3v) is 4.90. The van der Waals surface area contributed by atoms with Crippen molar-refractivity contribution in [2.75, 3.05) is 25.0 Å². The van der Waals surface area contributed by atoms with Gasteiger partial charge in [-0.25, -0.2) is 9.67 Å². The van der Waals surface area contributed by atoms with Gasteiger partial charge in [0.15, 0.2) is 0 Å². The number of nitrogens with zero attached hydrogens (tertiary/aromatic N) is 4. The molecule has 142 valence electrons. The van der Waals surface area contributed by atoms with Gasteiger partial charge in [-0.2, -0.15) is 5.10 Å². The molecule has 1 unspecified atom stereocenters. The van der Waals surface area contributed by atoms with Gasteiger partial charge in [0, 0.05) is 30.6 Å². The van der Waals surface area contributed by atoms with E-state index < -0.39 is 0 Å². The van der Waals surface area contributed by atoms with Gasteiger partial charge in [-0.05, 0) is 25.5 Å². The van der Waals surface area contributed by atoms with Crippen LogP contribution in [0.15, 0.2) is 33.8 Å². The Hall–Kier alpha value is -2.15. The Morgan fingerprint density at radius 2 is 2.12 bits per heavy atom. The van der Waals surface area contributed by atoms with Crippen LogP contribution in [0.3, 0.4) is 0 Å². The number of oxazole rings is 1. The first-order chi connectivity index (χ1) is 12.4. The molecule has 26 heavy (non-hydrogen) atoms. The molecule has 0 spiro atoms. The summed E-state index contributed by atoms with van der Waals surface area (Å²) in [6.07, 6.45) is 6.77. The number of nitrogens with one attached hydrogen (secondary N) is 1. The summed E-state index contributed by atoms with van der Waals surface area (Å²) >= 11 is 0. The van der Waals surface area contributed by atoms with Crippen molar-refractivity contribution in [2.45, 2.75) is 58.0 Å². The molecule has 1 fully saturated rings. The van der Waals surface area contributed by atoms with Gasteiger partial charge in [-0.15, -0.1) is 0 Å². The Labute approximate surface area is 154 Å². The molecule has 1 saturated heterocycles. The van der Waals surface area contributed by atoms with E-state index in [-0.39, 0.29) is 11.0 Å². The molecule has 3 rings (SSSR count). The summed E-state index contributed by atoms with van der Waals surface area (Å²) in [4.78, 5) is 18.7. The van der Waals surface area contributed by atoms with Gasteiger partial charge in [-0.3, -0.25) is 9.69 Å². The molecule has 0 aromatic carbocycles. The molecule has 3 heterocycles. The Bertz CT molecular complexity index is 748. The maximum absolute atomic E-state index is 12.2. The molecule has 2 aromatic rings. The minimum atomic E-state index is -0.0664. The SMILES string of the molecule is CC(C)(C)c1ccc(=O)n(CCN2CCCCC2CNc2ncco2)n1. The van der Waals surface area contributed by atoms with E-state index in [4.69, 9.17) is 4.42 Å². The lowest BCUT2D eigenvalue weighted by molar-refractivity contribution is 0.147. The zero-order valence-electron chi connectivity index (χ0n) is 15.9. The number of anilines is 1. The van der Waals surface area contributed by atoms with E-state index in [1.807, 2.05) is 6.07 Å². The van der Waals surface area contributed by atoms with Gasteiger partial charge in [-0.1, -0.05) is 27.2 Å². The fourth-order valence-corrected chi connectivity index (χ4v) is 3.33. The number of hydrogen-bond donors (Lipinski definition) is 1. The Morgan fingerprint density at radius 3 is 2.85 bits per heavy atom. The minimum Gasteiger partial charge on any atom is -0.432 e. The molecule has 1 aliphatic heterocycles. The predicted molar refractivity (Wildman–Crippen MR) is 101 cm³/mol. The van der Waals surface area contributed by atoms with Crippen molar-refractivity contribution < 1.29 is 4.42 Å². The van der Waals surface area contributed by atoms with Crippen molar-refractivity contribution in [3.05, 3.63) is 40.6 Å².